The Morgan fingerprint density at radius 3 is 2.61 bits per heavy atom. The standard InChI is InChI=1S/C30H37N3O5/c1-4-32(5-2)15-16-37-26-12-9-22(10-13-26)17-24-8-6-7-23-18-25(11-14-28(23)29(24)35)33-20-27(38-30(33)36)19-31-21(3)34/h9-14,17-18,27H,4-8,15-16,19-20H2,1-3H3,(H,31,34). The third-order valence-corrected chi connectivity index (χ3v) is 7.07. The Bertz CT molecular complexity index is 1190. The van der Waals surface area contributed by atoms with Crippen LogP contribution in [0.15, 0.2) is 48.0 Å². The van der Waals surface area contributed by atoms with Crippen molar-refractivity contribution < 1.29 is 23.9 Å². The number of benzene rings is 2. The molecule has 1 heterocycles. The molecule has 0 saturated carbocycles. The van der Waals surface area contributed by atoms with E-state index in [1.807, 2.05) is 42.5 Å². The van der Waals surface area contributed by atoms with Crippen LogP contribution in [-0.2, 0) is 16.0 Å². The van der Waals surface area contributed by atoms with Crippen LogP contribution < -0.4 is 15.0 Å². The molecule has 202 valence electrons. The largest absolute Gasteiger partial charge is 0.492 e. The van der Waals surface area contributed by atoms with Gasteiger partial charge in [0.05, 0.1) is 13.1 Å². The Hall–Kier alpha value is -3.65. The summed E-state index contributed by atoms with van der Waals surface area (Å²) in [7, 11) is 0. The van der Waals surface area contributed by atoms with Gasteiger partial charge in [0, 0.05) is 30.3 Å². The highest BCUT2D eigenvalue weighted by Gasteiger charge is 2.33. The molecular formula is C30H37N3O5. The lowest BCUT2D eigenvalue weighted by atomic mass is 9.97. The number of ether oxygens (including phenoxy) is 2. The summed E-state index contributed by atoms with van der Waals surface area (Å²) in [4.78, 5) is 40.9. The third-order valence-electron chi connectivity index (χ3n) is 7.07. The second kappa shape index (κ2) is 12.7. The Morgan fingerprint density at radius 1 is 1.13 bits per heavy atom. The van der Waals surface area contributed by atoms with Crippen molar-refractivity contribution in [1.29, 1.82) is 0 Å². The molecule has 1 saturated heterocycles. The van der Waals surface area contributed by atoms with E-state index in [0.717, 1.165) is 54.9 Å². The molecule has 2 aromatic carbocycles. The minimum Gasteiger partial charge on any atom is -0.492 e. The van der Waals surface area contributed by atoms with E-state index in [1.165, 1.54) is 6.92 Å². The van der Waals surface area contributed by atoms with E-state index in [0.29, 0.717) is 30.8 Å². The number of ketones is 1. The number of hydrogen-bond donors (Lipinski definition) is 1. The molecule has 0 aromatic heterocycles. The van der Waals surface area contributed by atoms with Crippen LogP contribution in [0.4, 0.5) is 10.5 Å². The first-order chi connectivity index (χ1) is 18.4. The van der Waals surface area contributed by atoms with Gasteiger partial charge >= 0.3 is 6.09 Å². The van der Waals surface area contributed by atoms with Crippen molar-refractivity contribution in [2.45, 2.75) is 46.1 Å². The van der Waals surface area contributed by atoms with Crippen molar-refractivity contribution in [1.82, 2.24) is 10.2 Å². The topological polar surface area (TPSA) is 88.2 Å². The Balaban J connectivity index is 1.42. The molecule has 2 aliphatic rings. The first-order valence-corrected chi connectivity index (χ1v) is 13.4. The minimum absolute atomic E-state index is 0.0242. The zero-order chi connectivity index (χ0) is 27.1. The fraction of sp³-hybridized carbons (Fsp3) is 0.433. The number of nitrogens with zero attached hydrogens (tertiary/aromatic N) is 2. The van der Waals surface area contributed by atoms with Gasteiger partial charge in [-0.3, -0.25) is 14.5 Å². The maximum Gasteiger partial charge on any atom is 0.414 e. The number of rotatable bonds is 10. The number of hydrogen-bond acceptors (Lipinski definition) is 6. The molecule has 1 unspecified atom stereocenters. The molecule has 1 atom stereocenters. The molecule has 1 aliphatic heterocycles. The van der Waals surface area contributed by atoms with Gasteiger partial charge in [0.1, 0.15) is 18.5 Å². The van der Waals surface area contributed by atoms with Crippen LogP contribution in [0.5, 0.6) is 5.75 Å². The number of Topliss-reactive ketones (excluding diaryl/α,β-unsaturated/α-hetero) is 1. The van der Waals surface area contributed by atoms with Gasteiger partial charge in [0.2, 0.25) is 5.91 Å². The molecule has 2 aromatic rings. The van der Waals surface area contributed by atoms with Gasteiger partial charge in [0.15, 0.2) is 5.78 Å². The van der Waals surface area contributed by atoms with E-state index in [1.54, 1.807) is 11.0 Å². The lowest BCUT2D eigenvalue weighted by molar-refractivity contribution is -0.119. The molecule has 1 N–H and O–H groups in total. The van der Waals surface area contributed by atoms with E-state index in [9.17, 15) is 14.4 Å². The van der Waals surface area contributed by atoms with Crippen LogP contribution in [0.3, 0.4) is 0 Å². The Kier molecular flexibility index (Phi) is 9.18. The molecule has 0 bridgehead atoms. The van der Waals surface area contributed by atoms with Crippen LogP contribution in [0.1, 0.15) is 55.1 Å². The lowest BCUT2D eigenvalue weighted by Crippen LogP contribution is -2.33. The number of aryl methyl sites for hydroxylation is 1. The molecular weight excluding hydrogens is 482 g/mol. The summed E-state index contributed by atoms with van der Waals surface area (Å²) >= 11 is 0. The van der Waals surface area contributed by atoms with Gasteiger partial charge in [-0.1, -0.05) is 26.0 Å². The predicted octanol–water partition coefficient (Wildman–Crippen LogP) is 4.47. The van der Waals surface area contributed by atoms with Crippen LogP contribution in [0.25, 0.3) is 6.08 Å². The highest BCUT2D eigenvalue weighted by atomic mass is 16.6. The number of likely N-dealkylation sites (N-methyl/N-ethyl adjacent to an activating group) is 1. The van der Waals surface area contributed by atoms with Crippen molar-refractivity contribution in [3.63, 3.8) is 0 Å². The van der Waals surface area contributed by atoms with Crippen molar-refractivity contribution in [3.8, 4) is 5.75 Å². The van der Waals surface area contributed by atoms with Crippen molar-refractivity contribution in [2.75, 3.05) is 44.2 Å². The summed E-state index contributed by atoms with van der Waals surface area (Å²) in [6, 6.07) is 13.4. The Labute approximate surface area is 224 Å². The molecule has 8 heteroatoms. The number of cyclic esters (lactones) is 1. The van der Waals surface area contributed by atoms with Crippen LogP contribution in [-0.4, -0.2) is 68.1 Å². The minimum atomic E-state index is -0.443. The summed E-state index contributed by atoms with van der Waals surface area (Å²) in [6.07, 6.45) is 3.41. The zero-order valence-electron chi connectivity index (χ0n) is 22.5. The second-order valence-corrected chi connectivity index (χ2v) is 9.69. The molecule has 0 radical (unpaired) electrons. The number of allylic oxidation sites excluding steroid dienone is 1. The first-order valence-electron chi connectivity index (χ1n) is 13.4. The van der Waals surface area contributed by atoms with Gasteiger partial charge in [-0.15, -0.1) is 0 Å². The number of nitrogens with one attached hydrogen (secondary N) is 1. The smallest absolute Gasteiger partial charge is 0.414 e. The van der Waals surface area contributed by atoms with E-state index < -0.39 is 12.2 Å². The van der Waals surface area contributed by atoms with Gasteiger partial charge in [-0.05, 0) is 79.9 Å². The summed E-state index contributed by atoms with van der Waals surface area (Å²) < 4.78 is 11.3. The fourth-order valence-corrected chi connectivity index (χ4v) is 4.86. The molecule has 1 fully saturated rings. The van der Waals surface area contributed by atoms with Gasteiger partial charge < -0.3 is 19.7 Å². The lowest BCUT2D eigenvalue weighted by Gasteiger charge is -2.18. The number of amides is 2. The van der Waals surface area contributed by atoms with E-state index in [4.69, 9.17) is 9.47 Å². The van der Waals surface area contributed by atoms with Crippen LogP contribution >= 0.6 is 0 Å². The summed E-state index contributed by atoms with van der Waals surface area (Å²) in [5.41, 5.74) is 4.07. The van der Waals surface area contributed by atoms with E-state index >= 15 is 0 Å². The molecule has 8 nitrogen and oxygen atoms in total. The molecule has 4 rings (SSSR count). The van der Waals surface area contributed by atoms with E-state index in [-0.39, 0.29) is 18.2 Å². The molecule has 0 spiro atoms. The van der Waals surface area contributed by atoms with E-state index in [2.05, 4.69) is 24.1 Å². The predicted molar refractivity (Wildman–Crippen MR) is 148 cm³/mol. The van der Waals surface area contributed by atoms with Gasteiger partial charge in [-0.2, -0.15) is 0 Å². The highest BCUT2D eigenvalue weighted by Crippen LogP contribution is 2.31. The second-order valence-electron chi connectivity index (χ2n) is 9.69. The summed E-state index contributed by atoms with van der Waals surface area (Å²) in [5, 5.41) is 2.69. The number of anilines is 1. The monoisotopic (exact) mass is 519 g/mol. The van der Waals surface area contributed by atoms with Crippen molar-refractivity contribution in [3.05, 3.63) is 64.7 Å². The highest BCUT2D eigenvalue weighted by molar-refractivity contribution is 6.12. The maximum absolute atomic E-state index is 13.4. The van der Waals surface area contributed by atoms with Crippen LogP contribution in [0.2, 0.25) is 0 Å². The summed E-state index contributed by atoms with van der Waals surface area (Å²) in [6.45, 7) is 9.91. The number of fused-ring (bicyclic) bond motifs is 1. The SMILES string of the molecule is CCN(CC)CCOc1ccc(C=C2CCCc3cc(N4CC(CNC(C)=O)OC4=O)ccc3C2=O)cc1. The van der Waals surface area contributed by atoms with Crippen molar-refractivity contribution in [2.24, 2.45) is 0 Å². The van der Waals surface area contributed by atoms with Gasteiger partial charge in [-0.25, -0.2) is 4.79 Å². The maximum atomic E-state index is 13.4. The van der Waals surface area contributed by atoms with Gasteiger partial charge in [0.25, 0.3) is 0 Å². The molecule has 2 amide bonds. The number of carbonyl (C=O) groups is 3. The van der Waals surface area contributed by atoms with Crippen LogP contribution in [0, 0.1) is 0 Å². The number of carbonyl (C=O) groups excluding carboxylic acids is 3. The third kappa shape index (κ3) is 6.81. The average molecular weight is 520 g/mol. The molecule has 1 aliphatic carbocycles. The normalized spacial score (nSPS) is 18.4. The Morgan fingerprint density at radius 2 is 1.89 bits per heavy atom. The summed E-state index contributed by atoms with van der Waals surface area (Å²) in [5.74, 6) is 0.683. The average Bonchev–Trinajstić information content (AvgIpc) is 3.22. The zero-order valence-corrected chi connectivity index (χ0v) is 22.5. The fourth-order valence-electron chi connectivity index (χ4n) is 4.86. The van der Waals surface area contributed by atoms with Crippen molar-refractivity contribution >= 4 is 29.5 Å². The molecule has 38 heavy (non-hydrogen) atoms. The first kappa shape index (κ1) is 27.4. The quantitative estimate of drug-likeness (QED) is 0.368.